The Morgan fingerprint density at radius 2 is 1.95 bits per heavy atom. The Labute approximate surface area is 113 Å². The van der Waals surface area contributed by atoms with Crippen molar-refractivity contribution in [2.24, 2.45) is 5.84 Å². The topological polar surface area (TPSA) is 94.3 Å². The molecule has 7 nitrogen and oxygen atoms in total. The third kappa shape index (κ3) is 4.79. The van der Waals surface area contributed by atoms with Crippen molar-refractivity contribution in [1.82, 2.24) is 9.97 Å². The zero-order valence-electron chi connectivity index (χ0n) is 11.0. The van der Waals surface area contributed by atoms with E-state index in [1.165, 1.54) is 20.3 Å². The van der Waals surface area contributed by atoms with Crippen molar-refractivity contribution >= 4 is 11.6 Å². The van der Waals surface area contributed by atoms with E-state index in [9.17, 15) is 13.2 Å². The number of ether oxygens (including phenoxy) is 2. The van der Waals surface area contributed by atoms with Crippen LogP contribution < -0.4 is 16.6 Å². The van der Waals surface area contributed by atoms with E-state index in [0.717, 1.165) is 0 Å². The van der Waals surface area contributed by atoms with Gasteiger partial charge in [-0.15, -0.1) is 0 Å². The molecule has 1 aromatic rings. The maximum Gasteiger partial charge on any atom is 0.451 e. The van der Waals surface area contributed by atoms with Crippen LogP contribution in [0.2, 0.25) is 0 Å². The third-order valence-electron chi connectivity index (χ3n) is 2.32. The van der Waals surface area contributed by atoms with Crippen LogP contribution in [0.3, 0.4) is 0 Å². The highest BCUT2D eigenvalue weighted by molar-refractivity contribution is 5.47. The van der Waals surface area contributed by atoms with Crippen molar-refractivity contribution in [1.29, 1.82) is 0 Å². The average molecular weight is 295 g/mol. The Hall–Kier alpha value is -1.65. The Morgan fingerprint density at radius 3 is 2.45 bits per heavy atom. The molecule has 1 unspecified atom stereocenters. The number of hydrazine groups is 1. The van der Waals surface area contributed by atoms with Crippen molar-refractivity contribution in [2.45, 2.75) is 12.3 Å². The minimum absolute atomic E-state index is 0.0153. The summed E-state index contributed by atoms with van der Waals surface area (Å²) in [6, 6.07) is 1.26. The normalized spacial score (nSPS) is 13.1. The van der Waals surface area contributed by atoms with E-state index in [1.54, 1.807) is 0 Å². The molecule has 114 valence electrons. The van der Waals surface area contributed by atoms with Gasteiger partial charge in [-0.3, -0.25) is 0 Å². The van der Waals surface area contributed by atoms with Crippen molar-refractivity contribution in [3.8, 4) is 0 Å². The van der Waals surface area contributed by atoms with Gasteiger partial charge in [0.25, 0.3) is 0 Å². The summed E-state index contributed by atoms with van der Waals surface area (Å²) in [5.41, 5.74) is 2.06. The van der Waals surface area contributed by atoms with Gasteiger partial charge in [-0.25, -0.2) is 15.8 Å². The molecule has 4 N–H and O–H groups in total. The molecule has 1 heterocycles. The minimum atomic E-state index is -4.66. The van der Waals surface area contributed by atoms with Crippen LogP contribution in [0, 0.1) is 0 Å². The molecule has 0 aliphatic carbocycles. The first-order valence-corrected chi connectivity index (χ1v) is 5.59. The molecule has 0 bridgehead atoms. The van der Waals surface area contributed by atoms with E-state index in [1.807, 2.05) is 0 Å². The molecule has 0 saturated heterocycles. The lowest BCUT2D eigenvalue weighted by atomic mass is 10.3. The van der Waals surface area contributed by atoms with Gasteiger partial charge in [0.15, 0.2) is 0 Å². The molecule has 1 rings (SSSR count). The fraction of sp³-hybridized carbons (Fsp3) is 0.600. The molecule has 0 aliphatic heterocycles. The number of anilines is 2. The highest BCUT2D eigenvalue weighted by Crippen LogP contribution is 2.28. The minimum Gasteiger partial charge on any atom is -0.382 e. The van der Waals surface area contributed by atoms with Gasteiger partial charge in [-0.05, 0) is 0 Å². The second-order valence-corrected chi connectivity index (χ2v) is 3.80. The van der Waals surface area contributed by atoms with Gasteiger partial charge >= 0.3 is 6.18 Å². The SMILES string of the molecule is COCC(CNc1cc(NN)nc(C(F)(F)F)n1)OC. The lowest BCUT2D eigenvalue weighted by Gasteiger charge is -2.16. The summed E-state index contributed by atoms with van der Waals surface area (Å²) in [4.78, 5) is 6.62. The van der Waals surface area contributed by atoms with Gasteiger partial charge in [0, 0.05) is 26.8 Å². The summed E-state index contributed by atoms with van der Waals surface area (Å²) in [6.07, 6.45) is -4.98. The van der Waals surface area contributed by atoms with Crippen LogP contribution in [0.4, 0.5) is 24.8 Å². The zero-order chi connectivity index (χ0) is 15.2. The van der Waals surface area contributed by atoms with Crippen LogP contribution in [0.1, 0.15) is 5.82 Å². The number of nitrogen functional groups attached to an aromatic ring is 1. The second kappa shape index (κ2) is 7.22. The molecule has 0 aromatic carbocycles. The number of hydrogen-bond acceptors (Lipinski definition) is 7. The number of nitrogens with one attached hydrogen (secondary N) is 2. The smallest absolute Gasteiger partial charge is 0.382 e. The Morgan fingerprint density at radius 1 is 1.30 bits per heavy atom. The van der Waals surface area contributed by atoms with E-state index in [4.69, 9.17) is 15.3 Å². The highest BCUT2D eigenvalue weighted by Gasteiger charge is 2.35. The fourth-order valence-electron chi connectivity index (χ4n) is 1.35. The van der Waals surface area contributed by atoms with Crippen LogP contribution in [-0.2, 0) is 15.7 Å². The van der Waals surface area contributed by atoms with Gasteiger partial charge in [-0.2, -0.15) is 13.2 Å². The highest BCUT2D eigenvalue weighted by atomic mass is 19.4. The maximum absolute atomic E-state index is 12.6. The van der Waals surface area contributed by atoms with Gasteiger partial charge in [0.05, 0.1) is 12.7 Å². The van der Waals surface area contributed by atoms with E-state index >= 15 is 0 Å². The number of methoxy groups -OCH3 is 2. The maximum atomic E-state index is 12.6. The van der Waals surface area contributed by atoms with Gasteiger partial charge in [0.1, 0.15) is 11.6 Å². The first kappa shape index (κ1) is 16.4. The lowest BCUT2D eigenvalue weighted by Crippen LogP contribution is -2.27. The summed E-state index contributed by atoms with van der Waals surface area (Å²) in [5.74, 6) is 3.64. The average Bonchev–Trinajstić information content (AvgIpc) is 2.42. The molecule has 1 aromatic heterocycles. The van der Waals surface area contributed by atoms with Gasteiger partial charge in [-0.1, -0.05) is 0 Å². The van der Waals surface area contributed by atoms with Crippen LogP contribution in [-0.4, -0.2) is 43.4 Å². The summed E-state index contributed by atoms with van der Waals surface area (Å²) in [6.45, 7) is 0.519. The molecule has 0 spiro atoms. The Kier molecular flexibility index (Phi) is 5.92. The molecule has 20 heavy (non-hydrogen) atoms. The molecule has 0 radical (unpaired) electrons. The molecular weight excluding hydrogens is 279 g/mol. The monoisotopic (exact) mass is 295 g/mol. The molecule has 0 aliphatic rings. The number of rotatable bonds is 7. The summed E-state index contributed by atoms with van der Waals surface area (Å²) < 4.78 is 47.8. The molecule has 10 heteroatoms. The first-order valence-electron chi connectivity index (χ1n) is 5.59. The standard InChI is InChI=1S/C10H16F3N5O2/c1-19-5-6(20-2)4-15-7-3-8(18-14)17-9(16-7)10(11,12)13/h3,6H,4-5,14H2,1-2H3,(H2,15,16,17,18). The van der Waals surface area contributed by atoms with E-state index in [2.05, 4.69) is 20.7 Å². The number of nitrogens with two attached hydrogens (primary N) is 1. The molecule has 0 saturated carbocycles. The van der Waals surface area contributed by atoms with Crippen LogP contribution in [0.5, 0.6) is 0 Å². The van der Waals surface area contributed by atoms with Crippen molar-refractivity contribution < 1.29 is 22.6 Å². The van der Waals surface area contributed by atoms with Gasteiger partial charge < -0.3 is 20.2 Å². The third-order valence-corrected chi connectivity index (χ3v) is 2.32. The fourth-order valence-corrected chi connectivity index (χ4v) is 1.35. The zero-order valence-corrected chi connectivity index (χ0v) is 11.0. The van der Waals surface area contributed by atoms with E-state index in [0.29, 0.717) is 6.61 Å². The number of nitrogens with zero attached hydrogens (tertiary/aromatic N) is 2. The summed E-state index contributed by atoms with van der Waals surface area (Å²) >= 11 is 0. The number of alkyl halides is 3. The number of hydrogen-bond donors (Lipinski definition) is 3. The van der Waals surface area contributed by atoms with Crippen molar-refractivity contribution in [3.05, 3.63) is 11.9 Å². The van der Waals surface area contributed by atoms with Gasteiger partial charge in [0.2, 0.25) is 5.82 Å². The predicted molar refractivity (Wildman–Crippen MR) is 66.0 cm³/mol. The van der Waals surface area contributed by atoms with Crippen LogP contribution in [0.15, 0.2) is 6.07 Å². The van der Waals surface area contributed by atoms with E-state index in [-0.39, 0.29) is 24.3 Å². The molecule has 0 amide bonds. The Balaban J connectivity index is 2.84. The number of aromatic nitrogens is 2. The predicted octanol–water partition coefficient (Wildman–Crippen LogP) is 0.854. The van der Waals surface area contributed by atoms with Crippen molar-refractivity contribution in [3.63, 3.8) is 0 Å². The molecule has 0 fully saturated rings. The Bertz CT molecular complexity index is 430. The second-order valence-electron chi connectivity index (χ2n) is 3.80. The molecular formula is C10H16F3N5O2. The number of halogens is 3. The van der Waals surface area contributed by atoms with Crippen LogP contribution in [0.25, 0.3) is 0 Å². The quantitative estimate of drug-likeness (QED) is 0.507. The van der Waals surface area contributed by atoms with Crippen molar-refractivity contribution in [2.75, 3.05) is 38.1 Å². The summed E-state index contributed by atoms with van der Waals surface area (Å²) in [5, 5.41) is 2.72. The first-order chi connectivity index (χ1) is 9.40. The molecule has 1 atom stereocenters. The van der Waals surface area contributed by atoms with Crippen LogP contribution >= 0.6 is 0 Å². The lowest BCUT2D eigenvalue weighted by molar-refractivity contribution is -0.144. The summed E-state index contributed by atoms with van der Waals surface area (Å²) in [7, 11) is 2.97. The van der Waals surface area contributed by atoms with E-state index < -0.39 is 12.0 Å². The largest absolute Gasteiger partial charge is 0.451 e.